The molecule has 116 valence electrons. The molecule has 1 aromatic rings. The molecule has 0 radical (unpaired) electrons. The Morgan fingerprint density at radius 2 is 2.10 bits per heavy atom. The zero-order valence-electron chi connectivity index (χ0n) is 11.9. The molecule has 0 spiro atoms. The molecule has 1 rings (SSSR count). The van der Waals surface area contributed by atoms with Crippen molar-refractivity contribution in [2.24, 2.45) is 0 Å². The molecule has 0 bridgehead atoms. The number of nitrogens with one attached hydrogen (secondary N) is 1. The van der Waals surface area contributed by atoms with Crippen LogP contribution in [0.4, 0.5) is 0 Å². The third-order valence-electron chi connectivity index (χ3n) is 2.63. The minimum absolute atomic E-state index is 0.0244. The Bertz CT molecular complexity index is 518. The molecule has 0 fully saturated rings. The maximum Gasteiger partial charge on any atom is 0.303 e. The van der Waals surface area contributed by atoms with Gasteiger partial charge in [0.2, 0.25) is 0 Å². The summed E-state index contributed by atoms with van der Waals surface area (Å²) in [7, 11) is 1.50. The summed E-state index contributed by atoms with van der Waals surface area (Å²) in [5.41, 5.74) is 0.414. The Hall–Kier alpha value is -1.76. The molecule has 0 aliphatic carbocycles. The van der Waals surface area contributed by atoms with Gasteiger partial charge < -0.3 is 19.9 Å². The number of carboxylic acids is 1. The number of methoxy groups -OCH3 is 1. The Kier molecular flexibility index (Phi) is 7.01. The lowest BCUT2D eigenvalue weighted by atomic mass is 10.2. The number of halogens is 1. The van der Waals surface area contributed by atoms with Crippen molar-refractivity contribution in [2.45, 2.75) is 19.8 Å². The van der Waals surface area contributed by atoms with Crippen LogP contribution in [0.5, 0.6) is 11.5 Å². The van der Waals surface area contributed by atoms with Crippen LogP contribution < -0.4 is 14.8 Å². The monoisotopic (exact) mass is 359 g/mol. The van der Waals surface area contributed by atoms with Gasteiger partial charge >= 0.3 is 5.97 Å². The third-order valence-corrected chi connectivity index (χ3v) is 3.22. The molecule has 0 aromatic heterocycles. The van der Waals surface area contributed by atoms with Crippen LogP contribution in [0.15, 0.2) is 16.6 Å². The van der Waals surface area contributed by atoms with E-state index < -0.39 is 5.97 Å². The summed E-state index contributed by atoms with van der Waals surface area (Å²) in [5.74, 6) is -0.165. The molecule has 1 amide bonds. The van der Waals surface area contributed by atoms with E-state index in [2.05, 4.69) is 21.2 Å². The number of carboxylic acid groups (broad SMARTS) is 1. The number of carbonyl (C=O) groups is 2. The number of amides is 1. The standard InChI is InChI=1S/C14H18BrNO5/c1-3-21-13-10(15)7-9(8-11(13)20-2)14(19)16-6-4-5-12(17)18/h7-8H,3-6H2,1-2H3,(H,16,19)(H,17,18). The van der Waals surface area contributed by atoms with E-state index in [1.807, 2.05) is 6.92 Å². The lowest BCUT2D eigenvalue weighted by Crippen LogP contribution is -2.25. The number of hydrogen-bond acceptors (Lipinski definition) is 4. The van der Waals surface area contributed by atoms with Gasteiger partial charge in [0.05, 0.1) is 18.2 Å². The summed E-state index contributed by atoms with van der Waals surface area (Å²) in [6.45, 7) is 2.64. The van der Waals surface area contributed by atoms with E-state index in [9.17, 15) is 9.59 Å². The number of carbonyl (C=O) groups excluding carboxylic acids is 1. The van der Waals surface area contributed by atoms with E-state index in [1.165, 1.54) is 7.11 Å². The lowest BCUT2D eigenvalue weighted by Gasteiger charge is -2.13. The van der Waals surface area contributed by atoms with Gasteiger partial charge in [-0.05, 0) is 41.4 Å². The maximum absolute atomic E-state index is 12.0. The van der Waals surface area contributed by atoms with Gasteiger partial charge in [-0.3, -0.25) is 9.59 Å². The van der Waals surface area contributed by atoms with Gasteiger partial charge in [-0.1, -0.05) is 0 Å². The first kappa shape index (κ1) is 17.3. The Morgan fingerprint density at radius 3 is 2.67 bits per heavy atom. The number of rotatable bonds is 8. The van der Waals surface area contributed by atoms with Crippen LogP contribution >= 0.6 is 15.9 Å². The van der Waals surface area contributed by atoms with E-state index in [0.29, 0.717) is 41.1 Å². The first-order valence-corrected chi connectivity index (χ1v) is 7.29. The summed E-state index contributed by atoms with van der Waals surface area (Å²) in [6.07, 6.45) is 0.410. The molecular formula is C14H18BrNO5. The van der Waals surface area contributed by atoms with Crippen LogP contribution in [0.2, 0.25) is 0 Å². The summed E-state index contributed by atoms with van der Waals surface area (Å²) < 4.78 is 11.3. The maximum atomic E-state index is 12.0. The molecule has 0 aliphatic rings. The highest BCUT2D eigenvalue weighted by molar-refractivity contribution is 9.10. The van der Waals surface area contributed by atoms with Crippen molar-refractivity contribution in [3.8, 4) is 11.5 Å². The van der Waals surface area contributed by atoms with Gasteiger partial charge in [-0.15, -0.1) is 0 Å². The average Bonchev–Trinajstić information content (AvgIpc) is 2.45. The minimum Gasteiger partial charge on any atom is -0.493 e. The normalized spacial score (nSPS) is 10.0. The Balaban J connectivity index is 2.76. The summed E-state index contributed by atoms with van der Waals surface area (Å²) >= 11 is 3.35. The fourth-order valence-corrected chi connectivity index (χ4v) is 2.24. The third kappa shape index (κ3) is 5.26. The van der Waals surface area contributed by atoms with E-state index in [1.54, 1.807) is 12.1 Å². The molecule has 6 nitrogen and oxygen atoms in total. The van der Waals surface area contributed by atoms with E-state index in [-0.39, 0.29) is 12.3 Å². The SMILES string of the molecule is CCOc1c(Br)cc(C(=O)NCCCC(=O)O)cc1OC. The fraction of sp³-hybridized carbons (Fsp3) is 0.429. The van der Waals surface area contributed by atoms with Crippen molar-refractivity contribution in [3.63, 3.8) is 0 Å². The van der Waals surface area contributed by atoms with Crippen molar-refractivity contribution >= 4 is 27.8 Å². The highest BCUT2D eigenvalue weighted by Crippen LogP contribution is 2.36. The van der Waals surface area contributed by atoms with Crippen molar-refractivity contribution < 1.29 is 24.2 Å². The summed E-state index contributed by atoms with van der Waals surface area (Å²) in [4.78, 5) is 22.4. The second-order valence-electron chi connectivity index (χ2n) is 4.18. The Labute approximate surface area is 131 Å². The number of ether oxygens (including phenoxy) is 2. The quantitative estimate of drug-likeness (QED) is 0.696. The molecule has 0 heterocycles. The van der Waals surface area contributed by atoms with Crippen LogP contribution in [0.25, 0.3) is 0 Å². The molecule has 0 atom stereocenters. The van der Waals surface area contributed by atoms with Gasteiger partial charge in [0.25, 0.3) is 5.91 Å². The van der Waals surface area contributed by atoms with Crippen LogP contribution in [-0.2, 0) is 4.79 Å². The summed E-state index contributed by atoms with van der Waals surface area (Å²) in [5, 5.41) is 11.2. The van der Waals surface area contributed by atoms with Gasteiger partial charge in [-0.25, -0.2) is 0 Å². The molecule has 1 aromatic carbocycles. The highest BCUT2D eigenvalue weighted by Gasteiger charge is 2.15. The number of aliphatic carboxylic acids is 1. The molecule has 0 saturated heterocycles. The fourth-order valence-electron chi connectivity index (χ4n) is 1.68. The van der Waals surface area contributed by atoms with Gasteiger partial charge in [-0.2, -0.15) is 0 Å². The van der Waals surface area contributed by atoms with Crippen molar-refractivity contribution in [1.82, 2.24) is 5.32 Å². The van der Waals surface area contributed by atoms with Gasteiger partial charge in [0, 0.05) is 18.5 Å². The van der Waals surface area contributed by atoms with E-state index in [4.69, 9.17) is 14.6 Å². The van der Waals surface area contributed by atoms with Gasteiger partial charge in [0.1, 0.15) is 0 Å². The van der Waals surface area contributed by atoms with Crippen molar-refractivity contribution in [1.29, 1.82) is 0 Å². The first-order chi connectivity index (χ1) is 9.99. The molecule has 7 heteroatoms. The van der Waals surface area contributed by atoms with Crippen LogP contribution in [0.1, 0.15) is 30.1 Å². The molecular weight excluding hydrogens is 342 g/mol. The van der Waals surface area contributed by atoms with Gasteiger partial charge in [0.15, 0.2) is 11.5 Å². The molecule has 2 N–H and O–H groups in total. The second-order valence-corrected chi connectivity index (χ2v) is 5.03. The predicted octanol–water partition coefficient (Wildman–Crippen LogP) is 2.45. The first-order valence-electron chi connectivity index (χ1n) is 6.49. The predicted molar refractivity (Wildman–Crippen MR) is 81.1 cm³/mol. The number of hydrogen-bond donors (Lipinski definition) is 2. The second kappa shape index (κ2) is 8.51. The molecule has 21 heavy (non-hydrogen) atoms. The van der Waals surface area contributed by atoms with E-state index >= 15 is 0 Å². The molecule has 0 aliphatic heterocycles. The largest absolute Gasteiger partial charge is 0.493 e. The highest BCUT2D eigenvalue weighted by atomic mass is 79.9. The van der Waals surface area contributed by atoms with Crippen LogP contribution in [0, 0.1) is 0 Å². The van der Waals surface area contributed by atoms with E-state index in [0.717, 1.165) is 0 Å². The molecule has 0 unspecified atom stereocenters. The zero-order chi connectivity index (χ0) is 15.8. The van der Waals surface area contributed by atoms with Crippen molar-refractivity contribution in [2.75, 3.05) is 20.3 Å². The Morgan fingerprint density at radius 1 is 1.38 bits per heavy atom. The number of benzene rings is 1. The average molecular weight is 360 g/mol. The van der Waals surface area contributed by atoms with Crippen LogP contribution in [0.3, 0.4) is 0 Å². The van der Waals surface area contributed by atoms with Crippen LogP contribution in [-0.4, -0.2) is 37.2 Å². The summed E-state index contributed by atoms with van der Waals surface area (Å²) in [6, 6.07) is 3.22. The molecule has 0 saturated carbocycles. The smallest absolute Gasteiger partial charge is 0.303 e. The lowest BCUT2D eigenvalue weighted by molar-refractivity contribution is -0.137. The van der Waals surface area contributed by atoms with Crippen molar-refractivity contribution in [3.05, 3.63) is 22.2 Å². The topological polar surface area (TPSA) is 84.9 Å². The minimum atomic E-state index is -0.880. The zero-order valence-corrected chi connectivity index (χ0v) is 13.5.